The third-order valence-corrected chi connectivity index (χ3v) is 4.25. The van der Waals surface area contributed by atoms with E-state index < -0.39 is 0 Å². The number of hydrogen-bond acceptors (Lipinski definition) is 3. The van der Waals surface area contributed by atoms with Gasteiger partial charge in [-0.1, -0.05) is 29.8 Å². The van der Waals surface area contributed by atoms with Gasteiger partial charge in [-0.25, -0.2) is 5.43 Å². The summed E-state index contributed by atoms with van der Waals surface area (Å²) < 4.78 is 1.62. The number of hydrogen-bond donors (Lipinski definition) is 2. The SMILES string of the molecule is O=C(Cc1ccc(Cl)cc1)Nn1cc2c3c(cccc31)C(=O)NN=C2. The third kappa shape index (κ3) is 2.88. The lowest BCUT2D eigenvalue weighted by Crippen LogP contribution is -2.24. The molecule has 2 aromatic carbocycles. The van der Waals surface area contributed by atoms with E-state index in [0.717, 1.165) is 22.0 Å². The molecule has 0 unspecified atom stereocenters. The van der Waals surface area contributed by atoms with E-state index in [1.807, 2.05) is 18.2 Å². The van der Waals surface area contributed by atoms with Crippen LogP contribution in [-0.2, 0) is 11.2 Å². The van der Waals surface area contributed by atoms with Crippen LogP contribution in [0.1, 0.15) is 21.5 Å². The van der Waals surface area contributed by atoms with Crippen molar-refractivity contribution in [3.63, 3.8) is 0 Å². The van der Waals surface area contributed by atoms with Gasteiger partial charge in [0.05, 0.1) is 23.7 Å². The fraction of sp³-hybridized carbons (Fsp3) is 0.0556. The monoisotopic (exact) mass is 352 g/mol. The van der Waals surface area contributed by atoms with E-state index in [9.17, 15) is 9.59 Å². The zero-order chi connectivity index (χ0) is 17.4. The molecule has 0 aliphatic carbocycles. The second-order valence-corrected chi connectivity index (χ2v) is 6.13. The van der Waals surface area contributed by atoms with Gasteiger partial charge in [0.1, 0.15) is 0 Å². The smallest absolute Gasteiger partial charge is 0.272 e. The van der Waals surface area contributed by atoms with E-state index in [0.29, 0.717) is 10.6 Å². The zero-order valence-corrected chi connectivity index (χ0v) is 13.7. The van der Waals surface area contributed by atoms with Gasteiger partial charge in [-0.05, 0) is 29.8 Å². The van der Waals surface area contributed by atoms with Crippen molar-refractivity contribution in [1.82, 2.24) is 10.1 Å². The first kappa shape index (κ1) is 15.4. The van der Waals surface area contributed by atoms with E-state index in [1.165, 1.54) is 0 Å². The van der Waals surface area contributed by atoms with E-state index in [1.54, 1.807) is 41.4 Å². The summed E-state index contributed by atoms with van der Waals surface area (Å²) >= 11 is 5.86. The summed E-state index contributed by atoms with van der Waals surface area (Å²) in [5, 5.41) is 5.28. The molecule has 7 heteroatoms. The van der Waals surface area contributed by atoms with Crippen LogP contribution in [-0.4, -0.2) is 22.7 Å². The number of carbonyl (C=O) groups excluding carboxylic acids is 2. The van der Waals surface area contributed by atoms with Crippen molar-refractivity contribution in [2.75, 3.05) is 5.43 Å². The Labute approximate surface area is 148 Å². The Morgan fingerprint density at radius 2 is 2.00 bits per heavy atom. The minimum Gasteiger partial charge on any atom is -0.273 e. The predicted octanol–water partition coefficient (Wildman–Crippen LogP) is 2.68. The molecular formula is C18H13ClN4O2. The Balaban J connectivity index is 1.65. The van der Waals surface area contributed by atoms with Crippen molar-refractivity contribution in [1.29, 1.82) is 0 Å². The van der Waals surface area contributed by atoms with Gasteiger partial charge in [0.2, 0.25) is 5.91 Å². The number of hydrazone groups is 1. The van der Waals surface area contributed by atoms with Gasteiger partial charge in [-0.2, -0.15) is 5.10 Å². The highest BCUT2D eigenvalue weighted by Gasteiger charge is 2.19. The summed E-state index contributed by atoms with van der Waals surface area (Å²) in [5.41, 5.74) is 8.19. The first-order valence-corrected chi connectivity index (χ1v) is 8.01. The molecule has 1 aromatic heterocycles. The second kappa shape index (κ2) is 6.07. The summed E-state index contributed by atoms with van der Waals surface area (Å²) in [6, 6.07) is 12.5. The summed E-state index contributed by atoms with van der Waals surface area (Å²) in [4.78, 5) is 24.4. The molecule has 2 N–H and O–H groups in total. The minimum atomic E-state index is -0.272. The van der Waals surface area contributed by atoms with Gasteiger partial charge >= 0.3 is 0 Å². The fourth-order valence-corrected chi connectivity index (χ4v) is 3.01. The van der Waals surface area contributed by atoms with Crippen LogP contribution in [0, 0.1) is 0 Å². The van der Waals surface area contributed by atoms with Crippen LogP contribution < -0.4 is 10.9 Å². The van der Waals surface area contributed by atoms with E-state index in [4.69, 9.17) is 11.6 Å². The van der Waals surface area contributed by atoms with E-state index in [-0.39, 0.29) is 18.2 Å². The number of nitrogens with one attached hydrogen (secondary N) is 2. The lowest BCUT2D eigenvalue weighted by atomic mass is 10.1. The molecule has 3 aromatic rings. The van der Waals surface area contributed by atoms with Gasteiger partial charge < -0.3 is 0 Å². The lowest BCUT2D eigenvalue weighted by molar-refractivity contribution is -0.116. The van der Waals surface area contributed by atoms with Crippen LogP contribution in [0.4, 0.5) is 0 Å². The molecule has 0 spiro atoms. The molecule has 2 amide bonds. The van der Waals surface area contributed by atoms with Crippen molar-refractivity contribution < 1.29 is 9.59 Å². The number of benzene rings is 2. The van der Waals surface area contributed by atoms with Gasteiger partial charge in [0.25, 0.3) is 5.91 Å². The molecule has 0 saturated carbocycles. The van der Waals surface area contributed by atoms with Crippen molar-refractivity contribution in [3.05, 3.63) is 70.4 Å². The first-order chi connectivity index (χ1) is 12.1. The molecule has 0 atom stereocenters. The molecule has 25 heavy (non-hydrogen) atoms. The summed E-state index contributed by atoms with van der Waals surface area (Å²) in [7, 11) is 0. The number of nitrogens with zero attached hydrogens (tertiary/aromatic N) is 2. The Bertz CT molecular complexity index is 1020. The molecule has 0 radical (unpaired) electrons. The highest BCUT2D eigenvalue weighted by atomic mass is 35.5. The Hall–Kier alpha value is -3.12. The number of amides is 2. The largest absolute Gasteiger partial charge is 0.273 e. The topological polar surface area (TPSA) is 75.5 Å². The molecule has 6 nitrogen and oxygen atoms in total. The molecule has 1 aliphatic rings. The molecule has 0 fully saturated rings. The highest BCUT2D eigenvalue weighted by molar-refractivity contribution is 6.30. The third-order valence-electron chi connectivity index (χ3n) is 4.00. The summed E-state index contributed by atoms with van der Waals surface area (Å²) in [6.45, 7) is 0. The standard InChI is InChI=1S/C18H13ClN4O2/c19-13-6-4-11(5-7-13)8-16(24)22-23-10-12-9-20-21-18(25)14-2-1-3-15(23)17(12)14/h1-7,9-10H,8H2,(H,21,25)(H,22,24). The van der Waals surface area contributed by atoms with E-state index in [2.05, 4.69) is 16.0 Å². The molecule has 0 bridgehead atoms. The van der Waals surface area contributed by atoms with Crippen molar-refractivity contribution in [2.45, 2.75) is 6.42 Å². The number of rotatable bonds is 3. The zero-order valence-electron chi connectivity index (χ0n) is 13.0. The van der Waals surface area contributed by atoms with Gasteiger partial charge in [0.15, 0.2) is 0 Å². The molecule has 124 valence electrons. The Morgan fingerprint density at radius 3 is 2.80 bits per heavy atom. The van der Waals surface area contributed by atoms with Crippen LogP contribution in [0.5, 0.6) is 0 Å². The Morgan fingerprint density at radius 1 is 1.20 bits per heavy atom. The molecule has 2 heterocycles. The van der Waals surface area contributed by atoms with Crippen molar-refractivity contribution in [2.24, 2.45) is 5.10 Å². The van der Waals surface area contributed by atoms with Crippen LogP contribution >= 0.6 is 11.6 Å². The number of carbonyl (C=O) groups is 2. The lowest BCUT2D eigenvalue weighted by Gasteiger charge is -2.09. The Kier molecular flexibility index (Phi) is 3.74. The first-order valence-electron chi connectivity index (χ1n) is 7.63. The molecule has 0 saturated heterocycles. The quantitative estimate of drug-likeness (QED) is 0.760. The van der Waals surface area contributed by atoms with Crippen LogP contribution in [0.15, 0.2) is 53.8 Å². The molecular weight excluding hydrogens is 340 g/mol. The molecule has 4 rings (SSSR count). The summed E-state index contributed by atoms with van der Waals surface area (Å²) in [5.74, 6) is -0.444. The van der Waals surface area contributed by atoms with Crippen molar-refractivity contribution >= 4 is 40.5 Å². The predicted molar refractivity (Wildman–Crippen MR) is 96.5 cm³/mol. The number of halogens is 1. The molecule has 1 aliphatic heterocycles. The van der Waals surface area contributed by atoms with Crippen molar-refractivity contribution in [3.8, 4) is 0 Å². The van der Waals surface area contributed by atoms with Crippen LogP contribution in [0.3, 0.4) is 0 Å². The minimum absolute atomic E-state index is 0.172. The second-order valence-electron chi connectivity index (χ2n) is 5.69. The van der Waals surface area contributed by atoms with Gasteiger partial charge in [0, 0.05) is 22.2 Å². The number of aromatic nitrogens is 1. The van der Waals surface area contributed by atoms with E-state index >= 15 is 0 Å². The van der Waals surface area contributed by atoms with Crippen LogP contribution in [0.25, 0.3) is 10.9 Å². The van der Waals surface area contributed by atoms with Gasteiger partial charge in [-0.3, -0.25) is 19.7 Å². The van der Waals surface area contributed by atoms with Gasteiger partial charge in [-0.15, -0.1) is 0 Å². The maximum Gasteiger partial charge on any atom is 0.272 e. The average molecular weight is 353 g/mol. The maximum atomic E-state index is 12.4. The average Bonchev–Trinajstić information content (AvgIpc) is 2.85. The maximum absolute atomic E-state index is 12.4. The van der Waals surface area contributed by atoms with Crippen LogP contribution in [0.2, 0.25) is 5.02 Å². The summed E-state index contributed by atoms with van der Waals surface area (Å²) in [6.07, 6.45) is 3.54. The fourth-order valence-electron chi connectivity index (χ4n) is 2.88. The normalized spacial score (nSPS) is 12.8. The highest BCUT2D eigenvalue weighted by Crippen LogP contribution is 2.25.